The minimum atomic E-state index is -0.674. The van der Waals surface area contributed by atoms with Crippen molar-refractivity contribution in [3.05, 3.63) is 62.9 Å². The monoisotopic (exact) mass is 489 g/mol. The SMILES string of the molecule is CCOC(=O)N(CCCOC)c1c(C(=O)c2ccc(NC)c([N+](=O)[O-])c2)oc2ccc(Cl)cc12. The molecule has 11 heteroatoms. The van der Waals surface area contributed by atoms with Crippen molar-refractivity contribution in [2.45, 2.75) is 13.3 Å². The number of nitrogens with zero attached hydrogens (tertiary/aromatic N) is 2. The third-order valence-corrected chi connectivity index (χ3v) is 5.28. The Kier molecular flexibility index (Phi) is 8.08. The molecule has 1 amide bonds. The summed E-state index contributed by atoms with van der Waals surface area (Å²) in [4.78, 5) is 38.6. The van der Waals surface area contributed by atoms with Crippen LogP contribution in [0.25, 0.3) is 11.0 Å². The number of furan rings is 1. The summed E-state index contributed by atoms with van der Waals surface area (Å²) in [7, 11) is 3.08. The van der Waals surface area contributed by atoms with Gasteiger partial charge in [0.25, 0.3) is 5.69 Å². The Morgan fingerprint density at radius 3 is 2.65 bits per heavy atom. The second kappa shape index (κ2) is 11.0. The average molecular weight is 490 g/mol. The first-order valence-corrected chi connectivity index (χ1v) is 10.9. The number of anilines is 2. The molecule has 0 radical (unpaired) electrons. The smallest absolute Gasteiger partial charge is 0.414 e. The number of nitrogens with one attached hydrogen (secondary N) is 1. The van der Waals surface area contributed by atoms with E-state index in [9.17, 15) is 19.7 Å². The van der Waals surface area contributed by atoms with Crippen molar-refractivity contribution in [2.75, 3.05) is 44.1 Å². The maximum absolute atomic E-state index is 13.5. The fraction of sp³-hybridized carbons (Fsp3) is 0.304. The molecular weight excluding hydrogens is 466 g/mol. The quantitative estimate of drug-likeness (QED) is 0.177. The van der Waals surface area contributed by atoms with Gasteiger partial charge in [0.05, 0.1) is 11.5 Å². The molecule has 10 nitrogen and oxygen atoms in total. The fourth-order valence-electron chi connectivity index (χ4n) is 3.51. The third kappa shape index (κ3) is 5.13. The van der Waals surface area contributed by atoms with Crippen LogP contribution in [-0.4, -0.2) is 50.7 Å². The number of halogens is 1. The van der Waals surface area contributed by atoms with Gasteiger partial charge in [-0.15, -0.1) is 0 Å². The molecule has 0 spiro atoms. The van der Waals surface area contributed by atoms with E-state index >= 15 is 0 Å². The molecule has 34 heavy (non-hydrogen) atoms. The maximum atomic E-state index is 13.5. The fourth-order valence-corrected chi connectivity index (χ4v) is 3.68. The number of rotatable bonds is 10. The molecule has 3 aromatic rings. The van der Waals surface area contributed by atoms with E-state index in [2.05, 4.69) is 5.32 Å². The minimum absolute atomic E-state index is 0.0257. The molecule has 0 aliphatic rings. The Balaban J connectivity index is 2.20. The van der Waals surface area contributed by atoms with E-state index in [0.29, 0.717) is 29.0 Å². The number of methoxy groups -OCH3 is 1. The molecule has 2 aromatic carbocycles. The Morgan fingerprint density at radius 1 is 1.24 bits per heavy atom. The molecule has 0 bridgehead atoms. The van der Waals surface area contributed by atoms with Crippen LogP contribution in [0.5, 0.6) is 0 Å². The Hall–Kier alpha value is -3.63. The van der Waals surface area contributed by atoms with E-state index in [1.54, 1.807) is 39.3 Å². The third-order valence-electron chi connectivity index (χ3n) is 5.04. The number of amides is 1. The van der Waals surface area contributed by atoms with E-state index in [0.717, 1.165) is 6.07 Å². The first-order valence-electron chi connectivity index (χ1n) is 10.5. The number of nitro groups is 1. The number of nitro benzene ring substituents is 1. The van der Waals surface area contributed by atoms with Gasteiger partial charge in [-0.05, 0) is 43.7 Å². The summed E-state index contributed by atoms with van der Waals surface area (Å²) < 4.78 is 16.2. The Bertz CT molecular complexity index is 1220. The summed E-state index contributed by atoms with van der Waals surface area (Å²) in [5, 5.41) is 15.0. The van der Waals surface area contributed by atoms with Gasteiger partial charge < -0.3 is 19.2 Å². The van der Waals surface area contributed by atoms with Crippen molar-refractivity contribution in [1.29, 1.82) is 0 Å². The van der Waals surface area contributed by atoms with Crippen LogP contribution in [0.3, 0.4) is 0 Å². The van der Waals surface area contributed by atoms with E-state index in [-0.39, 0.29) is 41.5 Å². The van der Waals surface area contributed by atoms with Crippen LogP contribution in [0.1, 0.15) is 29.5 Å². The molecule has 1 aromatic heterocycles. The van der Waals surface area contributed by atoms with Crippen LogP contribution in [0.2, 0.25) is 5.02 Å². The van der Waals surface area contributed by atoms with Crippen LogP contribution >= 0.6 is 11.6 Å². The number of hydrogen-bond donors (Lipinski definition) is 1. The van der Waals surface area contributed by atoms with Crippen LogP contribution in [0, 0.1) is 10.1 Å². The minimum Gasteiger partial charge on any atom is -0.450 e. The number of benzene rings is 2. The van der Waals surface area contributed by atoms with E-state index < -0.39 is 16.8 Å². The van der Waals surface area contributed by atoms with E-state index in [4.69, 9.17) is 25.5 Å². The molecule has 0 unspecified atom stereocenters. The van der Waals surface area contributed by atoms with Crippen LogP contribution < -0.4 is 10.2 Å². The lowest BCUT2D eigenvalue weighted by Gasteiger charge is -2.22. The summed E-state index contributed by atoms with van der Waals surface area (Å²) >= 11 is 6.19. The lowest BCUT2D eigenvalue weighted by atomic mass is 10.0. The first-order chi connectivity index (χ1) is 16.3. The van der Waals surface area contributed by atoms with Gasteiger partial charge in [-0.3, -0.25) is 19.8 Å². The summed E-state index contributed by atoms with van der Waals surface area (Å²) in [5.41, 5.74) is 0.516. The van der Waals surface area contributed by atoms with E-state index in [1.165, 1.54) is 17.0 Å². The first kappa shape index (κ1) is 25.0. The number of fused-ring (bicyclic) bond motifs is 1. The Morgan fingerprint density at radius 2 is 2.00 bits per heavy atom. The van der Waals surface area contributed by atoms with E-state index in [1.807, 2.05) is 0 Å². The standard InChI is InChI=1S/C23H24ClN3O7/c1-4-33-23(29)26(10-5-11-32-3)20-16-13-15(24)7-9-19(16)34-22(20)21(28)14-6-8-17(25-2)18(12-14)27(30)31/h6-9,12-13,25H,4-5,10-11H2,1-3H3. The highest BCUT2D eigenvalue weighted by Gasteiger charge is 2.31. The highest BCUT2D eigenvalue weighted by molar-refractivity contribution is 6.31. The molecule has 0 saturated carbocycles. The summed E-state index contributed by atoms with van der Waals surface area (Å²) in [6.07, 6.45) is -0.217. The van der Waals surface area contributed by atoms with Crippen LogP contribution in [-0.2, 0) is 9.47 Å². The van der Waals surface area contributed by atoms with Crippen LogP contribution in [0.4, 0.5) is 21.9 Å². The molecule has 0 aliphatic heterocycles. The van der Waals surface area contributed by atoms with Crippen molar-refractivity contribution in [3.63, 3.8) is 0 Å². The lowest BCUT2D eigenvalue weighted by molar-refractivity contribution is -0.384. The van der Waals surface area contributed by atoms with Gasteiger partial charge >= 0.3 is 6.09 Å². The molecule has 0 aliphatic carbocycles. The number of ether oxygens (including phenoxy) is 2. The van der Waals surface area contributed by atoms with Crippen molar-refractivity contribution < 1.29 is 28.4 Å². The summed E-state index contributed by atoms with van der Waals surface area (Å²) in [5.74, 6) is -0.789. The summed E-state index contributed by atoms with van der Waals surface area (Å²) in [6.45, 7) is 2.33. The zero-order chi connectivity index (χ0) is 24.8. The van der Waals surface area contributed by atoms with Gasteiger partial charge in [0.1, 0.15) is 17.0 Å². The largest absolute Gasteiger partial charge is 0.450 e. The summed E-state index contributed by atoms with van der Waals surface area (Å²) in [6, 6.07) is 8.82. The van der Waals surface area contributed by atoms with Gasteiger partial charge in [0.15, 0.2) is 5.76 Å². The number of carbonyl (C=O) groups is 2. The normalized spacial score (nSPS) is 10.8. The van der Waals surface area contributed by atoms with Crippen molar-refractivity contribution in [1.82, 2.24) is 0 Å². The number of ketones is 1. The molecule has 0 fully saturated rings. The molecular formula is C23H24ClN3O7. The van der Waals surface area contributed by atoms with Gasteiger partial charge in [0.2, 0.25) is 5.78 Å². The predicted molar refractivity (Wildman–Crippen MR) is 128 cm³/mol. The molecule has 1 N–H and O–H groups in total. The second-order valence-electron chi connectivity index (χ2n) is 7.19. The van der Waals surface area contributed by atoms with Crippen molar-refractivity contribution >= 4 is 51.5 Å². The maximum Gasteiger partial charge on any atom is 0.414 e. The molecule has 0 saturated heterocycles. The lowest BCUT2D eigenvalue weighted by Crippen LogP contribution is -2.34. The molecule has 180 valence electrons. The van der Waals surface area contributed by atoms with Crippen molar-refractivity contribution in [2.24, 2.45) is 0 Å². The molecule has 1 heterocycles. The highest BCUT2D eigenvalue weighted by atomic mass is 35.5. The predicted octanol–water partition coefficient (Wildman–Crippen LogP) is 5.27. The number of hydrogen-bond acceptors (Lipinski definition) is 8. The van der Waals surface area contributed by atoms with Gasteiger partial charge in [0, 0.05) is 49.3 Å². The van der Waals surface area contributed by atoms with Gasteiger partial charge in [-0.2, -0.15) is 0 Å². The Labute approximate surface area is 200 Å². The molecule has 0 atom stereocenters. The second-order valence-corrected chi connectivity index (χ2v) is 7.62. The van der Waals surface area contributed by atoms with Crippen molar-refractivity contribution in [3.8, 4) is 0 Å². The van der Waals surface area contributed by atoms with Gasteiger partial charge in [-0.25, -0.2) is 4.79 Å². The van der Waals surface area contributed by atoms with Crippen LogP contribution in [0.15, 0.2) is 40.8 Å². The topological polar surface area (TPSA) is 124 Å². The zero-order valence-electron chi connectivity index (χ0n) is 18.9. The van der Waals surface area contributed by atoms with Gasteiger partial charge in [-0.1, -0.05) is 11.6 Å². The number of carbonyl (C=O) groups excluding carboxylic acids is 2. The molecule has 3 rings (SSSR count). The average Bonchev–Trinajstić information content (AvgIpc) is 3.19. The zero-order valence-corrected chi connectivity index (χ0v) is 19.7. The highest BCUT2D eigenvalue weighted by Crippen LogP contribution is 2.38.